The number of hydrogen-bond donors (Lipinski definition) is 0. The minimum absolute atomic E-state index is 0.0611. The number of nitriles is 1. The molecule has 0 aliphatic heterocycles. The van der Waals surface area contributed by atoms with Crippen LogP contribution in [0.25, 0.3) is 11.0 Å². The lowest BCUT2D eigenvalue weighted by Gasteiger charge is -2.11. The fourth-order valence-corrected chi connectivity index (χ4v) is 2.00. The predicted molar refractivity (Wildman–Crippen MR) is 64.5 cm³/mol. The Hall–Kier alpha value is -1.09. The Morgan fingerprint density at radius 1 is 1.28 bits per heavy atom. The summed E-state index contributed by atoms with van der Waals surface area (Å²) in [5, 5.41) is 8.72. The first kappa shape index (κ1) is 13.3. The van der Waals surface area contributed by atoms with Gasteiger partial charge in [0.15, 0.2) is 17.5 Å². The van der Waals surface area contributed by atoms with Gasteiger partial charge in [0.2, 0.25) is 3.79 Å². The number of aromatic nitrogens is 2. The molecule has 0 bridgehead atoms. The standard InChI is InChI=1S/C10H4Cl3F2N3/c11-10(12,13)9-17-7-3-5(14)6(15)4-8(7)18(9)2-1-16/h3-4H,2H2. The Morgan fingerprint density at radius 3 is 2.44 bits per heavy atom. The van der Waals surface area contributed by atoms with Crippen molar-refractivity contribution < 1.29 is 8.78 Å². The highest BCUT2D eigenvalue weighted by Crippen LogP contribution is 2.39. The molecule has 0 saturated heterocycles. The molecule has 0 unspecified atom stereocenters. The van der Waals surface area contributed by atoms with Crippen LogP contribution in [-0.2, 0) is 10.3 Å². The Morgan fingerprint density at radius 2 is 1.89 bits per heavy atom. The van der Waals surface area contributed by atoms with Gasteiger partial charge in [0.1, 0.15) is 6.54 Å². The second-order valence-corrected chi connectivity index (χ2v) is 5.71. The molecule has 2 aromatic rings. The van der Waals surface area contributed by atoms with Crippen LogP contribution < -0.4 is 0 Å². The summed E-state index contributed by atoms with van der Waals surface area (Å²) in [5.41, 5.74) is 0.308. The quantitative estimate of drug-likeness (QED) is 0.754. The second kappa shape index (κ2) is 4.54. The largest absolute Gasteiger partial charge is 0.310 e. The Kier molecular flexibility index (Phi) is 3.37. The summed E-state index contributed by atoms with van der Waals surface area (Å²) in [6.45, 7) is -0.190. The normalized spacial score (nSPS) is 11.8. The summed E-state index contributed by atoms with van der Waals surface area (Å²) >= 11 is 17.1. The van der Waals surface area contributed by atoms with Gasteiger partial charge in [-0.2, -0.15) is 5.26 Å². The SMILES string of the molecule is N#CCn1c(C(Cl)(Cl)Cl)nc2cc(F)c(F)cc21. The number of halogens is 5. The van der Waals surface area contributed by atoms with Crippen LogP contribution in [0.3, 0.4) is 0 Å². The summed E-state index contributed by atoms with van der Waals surface area (Å²) in [7, 11) is 0. The highest BCUT2D eigenvalue weighted by molar-refractivity contribution is 6.66. The Balaban J connectivity index is 2.80. The highest BCUT2D eigenvalue weighted by Gasteiger charge is 2.30. The first-order chi connectivity index (χ1) is 8.34. The van der Waals surface area contributed by atoms with Gasteiger partial charge in [0, 0.05) is 12.1 Å². The predicted octanol–water partition coefficient (Wildman–Crippen LogP) is 3.66. The van der Waals surface area contributed by atoms with Gasteiger partial charge in [-0.05, 0) is 0 Å². The molecule has 18 heavy (non-hydrogen) atoms. The zero-order valence-electron chi connectivity index (χ0n) is 8.59. The van der Waals surface area contributed by atoms with E-state index in [1.165, 1.54) is 4.57 Å². The minimum atomic E-state index is -1.89. The first-order valence-corrected chi connectivity index (χ1v) is 5.77. The van der Waals surface area contributed by atoms with Crippen LogP contribution in [0, 0.1) is 23.0 Å². The molecule has 0 radical (unpaired) electrons. The molecule has 0 aliphatic rings. The van der Waals surface area contributed by atoms with Crippen LogP contribution in [0.4, 0.5) is 8.78 Å². The van der Waals surface area contributed by atoms with Crippen molar-refractivity contribution >= 4 is 45.8 Å². The molecular formula is C10H4Cl3F2N3. The third-order valence-electron chi connectivity index (χ3n) is 2.27. The molecule has 8 heteroatoms. The number of rotatable bonds is 1. The summed E-state index contributed by atoms with van der Waals surface area (Å²) in [6, 6.07) is 3.64. The van der Waals surface area contributed by atoms with Gasteiger partial charge in [-0.1, -0.05) is 34.8 Å². The molecule has 2 rings (SSSR count). The molecule has 1 heterocycles. The minimum Gasteiger partial charge on any atom is -0.310 e. The number of nitrogens with zero attached hydrogens (tertiary/aromatic N) is 3. The summed E-state index contributed by atoms with van der Waals surface area (Å²) in [6.07, 6.45) is 0. The van der Waals surface area contributed by atoms with E-state index in [4.69, 9.17) is 40.1 Å². The smallest absolute Gasteiger partial charge is 0.248 e. The second-order valence-electron chi connectivity index (χ2n) is 3.43. The van der Waals surface area contributed by atoms with Crippen molar-refractivity contribution in [2.75, 3.05) is 0 Å². The summed E-state index contributed by atoms with van der Waals surface area (Å²) in [5.74, 6) is -2.17. The van der Waals surface area contributed by atoms with E-state index in [2.05, 4.69) is 4.98 Å². The zero-order chi connectivity index (χ0) is 13.5. The van der Waals surface area contributed by atoms with Gasteiger partial charge in [-0.25, -0.2) is 13.8 Å². The number of imidazole rings is 1. The van der Waals surface area contributed by atoms with Gasteiger partial charge >= 0.3 is 0 Å². The fraction of sp³-hybridized carbons (Fsp3) is 0.200. The van der Waals surface area contributed by atoms with Crippen LogP contribution in [0.1, 0.15) is 5.82 Å². The molecule has 1 aromatic carbocycles. The summed E-state index contributed by atoms with van der Waals surface area (Å²) in [4.78, 5) is 3.91. The molecule has 94 valence electrons. The first-order valence-electron chi connectivity index (χ1n) is 4.64. The zero-order valence-corrected chi connectivity index (χ0v) is 10.9. The number of alkyl halides is 3. The lowest BCUT2D eigenvalue weighted by Crippen LogP contribution is -2.11. The maximum atomic E-state index is 13.2. The van der Waals surface area contributed by atoms with Crippen molar-refractivity contribution in [1.82, 2.24) is 9.55 Å². The van der Waals surface area contributed by atoms with E-state index in [9.17, 15) is 8.78 Å². The Bertz CT molecular complexity index is 655. The molecule has 1 aromatic heterocycles. The van der Waals surface area contributed by atoms with Crippen LogP contribution in [0.2, 0.25) is 0 Å². The van der Waals surface area contributed by atoms with Gasteiger partial charge < -0.3 is 4.57 Å². The van der Waals surface area contributed by atoms with Crippen LogP contribution in [-0.4, -0.2) is 9.55 Å². The van der Waals surface area contributed by atoms with Gasteiger partial charge in [0.25, 0.3) is 0 Å². The van der Waals surface area contributed by atoms with Crippen molar-refractivity contribution in [3.05, 3.63) is 29.6 Å². The van der Waals surface area contributed by atoms with E-state index < -0.39 is 15.4 Å². The molecule has 0 aliphatic carbocycles. The number of benzene rings is 1. The van der Waals surface area contributed by atoms with Crippen LogP contribution in [0.15, 0.2) is 12.1 Å². The van der Waals surface area contributed by atoms with Crippen molar-refractivity contribution in [3.8, 4) is 6.07 Å². The lowest BCUT2D eigenvalue weighted by molar-refractivity contribution is 0.510. The molecule has 0 saturated carbocycles. The topological polar surface area (TPSA) is 41.6 Å². The average Bonchev–Trinajstić information content (AvgIpc) is 2.58. The van der Waals surface area contributed by atoms with E-state index in [0.29, 0.717) is 0 Å². The van der Waals surface area contributed by atoms with Crippen LogP contribution >= 0.6 is 34.8 Å². The van der Waals surface area contributed by atoms with Crippen molar-refractivity contribution in [3.63, 3.8) is 0 Å². The van der Waals surface area contributed by atoms with Crippen LogP contribution in [0.5, 0.6) is 0 Å². The van der Waals surface area contributed by atoms with E-state index >= 15 is 0 Å². The maximum Gasteiger partial charge on any atom is 0.248 e. The molecule has 0 N–H and O–H groups in total. The van der Waals surface area contributed by atoms with E-state index in [-0.39, 0.29) is 23.4 Å². The molecule has 3 nitrogen and oxygen atoms in total. The fourth-order valence-electron chi connectivity index (χ4n) is 1.57. The third-order valence-corrected chi connectivity index (χ3v) is 2.78. The number of hydrogen-bond acceptors (Lipinski definition) is 2. The molecule has 0 amide bonds. The van der Waals surface area contributed by atoms with Gasteiger partial charge in [-0.15, -0.1) is 0 Å². The van der Waals surface area contributed by atoms with E-state index in [1.54, 1.807) is 0 Å². The lowest BCUT2D eigenvalue weighted by atomic mass is 10.3. The monoisotopic (exact) mass is 309 g/mol. The average molecular weight is 311 g/mol. The summed E-state index contributed by atoms with van der Waals surface area (Å²) < 4.78 is 25.6. The third kappa shape index (κ3) is 2.24. The van der Waals surface area contributed by atoms with Crippen molar-refractivity contribution in [2.45, 2.75) is 10.3 Å². The van der Waals surface area contributed by atoms with Gasteiger partial charge in [0.05, 0.1) is 17.1 Å². The van der Waals surface area contributed by atoms with E-state index in [1.807, 2.05) is 6.07 Å². The molecule has 0 atom stereocenters. The molecule has 0 spiro atoms. The maximum absolute atomic E-state index is 13.2. The molecular weight excluding hydrogens is 306 g/mol. The molecule has 0 fully saturated rings. The van der Waals surface area contributed by atoms with E-state index in [0.717, 1.165) is 12.1 Å². The number of fused-ring (bicyclic) bond motifs is 1. The Labute approximate surface area is 115 Å². The van der Waals surface area contributed by atoms with Crippen molar-refractivity contribution in [1.29, 1.82) is 5.26 Å². The highest BCUT2D eigenvalue weighted by atomic mass is 35.6. The van der Waals surface area contributed by atoms with Gasteiger partial charge in [-0.3, -0.25) is 0 Å². The van der Waals surface area contributed by atoms with Crippen molar-refractivity contribution in [2.24, 2.45) is 0 Å².